The molecule has 0 amide bonds. The van der Waals surface area contributed by atoms with Crippen molar-refractivity contribution in [2.75, 3.05) is 14.2 Å². The summed E-state index contributed by atoms with van der Waals surface area (Å²) in [4.78, 5) is 23.5. The van der Waals surface area contributed by atoms with E-state index in [4.69, 9.17) is 0 Å². The molecule has 0 aliphatic heterocycles. The highest BCUT2D eigenvalue weighted by Crippen LogP contribution is 2.23. The Bertz CT molecular complexity index is 729. The van der Waals surface area contributed by atoms with Crippen molar-refractivity contribution in [2.45, 2.75) is 30.6 Å². The number of sulfone groups is 1. The summed E-state index contributed by atoms with van der Waals surface area (Å²) >= 11 is 0. The number of rotatable bonds is 9. The maximum absolute atomic E-state index is 12.5. The van der Waals surface area contributed by atoms with Crippen LogP contribution in [-0.2, 0) is 28.9 Å². The second-order valence-electron chi connectivity index (χ2n) is 5.26. The molecular formula is C18H22O6S. The Labute approximate surface area is 148 Å². The van der Waals surface area contributed by atoms with Gasteiger partial charge < -0.3 is 9.47 Å². The standard InChI is InChI=1S/C18H22O6S/c1-4-14(25(21,22)15-11-6-5-7-12-15)10-8-9-13-16(17(19)23-2)18(20)24-3/h5-7,11-12,16H,1,8-10,13H2,2-3H3. The first kappa shape index (κ1) is 20.7. The molecule has 1 rings (SSSR count). The first-order chi connectivity index (χ1) is 11.9. The van der Waals surface area contributed by atoms with E-state index < -0.39 is 27.7 Å². The van der Waals surface area contributed by atoms with Crippen LogP contribution in [0.1, 0.15) is 25.7 Å². The van der Waals surface area contributed by atoms with Crippen molar-refractivity contribution in [3.05, 3.63) is 47.5 Å². The Morgan fingerprint density at radius 1 is 1.08 bits per heavy atom. The molecule has 0 bridgehead atoms. The van der Waals surface area contributed by atoms with Crippen LogP contribution in [0.5, 0.6) is 0 Å². The van der Waals surface area contributed by atoms with Crippen LogP contribution in [0, 0.1) is 5.92 Å². The fourth-order valence-electron chi connectivity index (χ4n) is 2.31. The van der Waals surface area contributed by atoms with Gasteiger partial charge in [-0.25, -0.2) is 8.42 Å². The first-order valence-corrected chi connectivity index (χ1v) is 9.21. The molecule has 7 heteroatoms. The Balaban J connectivity index is 2.69. The molecule has 0 aromatic heterocycles. The molecule has 0 unspecified atom stereocenters. The molecule has 0 radical (unpaired) electrons. The number of hydrogen-bond donors (Lipinski definition) is 0. The third-order valence-corrected chi connectivity index (χ3v) is 5.58. The van der Waals surface area contributed by atoms with E-state index in [1.165, 1.54) is 26.4 Å². The van der Waals surface area contributed by atoms with Gasteiger partial charge in [0.05, 0.1) is 24.0 Å². The van der Waals surface area contributed by atoms with Crippen molar-refractivity contribution in [1.82, 2.24) is 0 Å². The molecule has 0 fully saturated rings. The Hall–Kier alpha value is -2.37. The number of methoxy groups -OCH3 is 2. The van der Waals surface area contributed by atoms with E-state index in [1.54, 1.807) is 18.2 Å². The predicted octanol–water partition coefficient (Wildman–Crippen LogP) is 2.65. The molecule has 0 heterocycles. The van der Waals surface area contributed by atoms with Crippen LogP contribution in [0.15, 0.2) is 52.4 Å². The summed E-state index contributed by atoms with van der Waals surface area (Å²) in [5.41, 5.74) is 2.49. The van der Waals surface area contributed by atoms with Gasteiger partial charge >= 0.3 is 11.9 Å². The van der Waals surface area contributed by atoms with Gasteiger partial charge in [0.15, 0.2) is 5.92 Å². The fourth-order valence-corrected chi connectivity index (χ4v) is 3.71. The minimum absolute atomic E-state index is 0.0892. The van der Waals surface area contributed by atoms with Gasteiger partial charge in [-0.3, -0.25) is 9.59 Å². The molecule has 0 N–H and O–H groups in total. The van der Waals surface area contributed by atoms with Gasteiger partial charge in [-0.15, -0.1) is 5.73 Å². The molecule has 1 aromatic carbocycles. The van der Waals surface area contributed by atoms with E-state index in [-0.39, 0.29) is 22.6 Å². The van der Waals surface area contributed by atoms with Crippen LogP contribution >= 0.6 is 0 Å². The molecule has 0 saturated heterocycles. The molecule has 136 valence electrons. The molecule has 6 nitrogen and oxygen atoms in total. The quantitative estimate of drug-likeness (QED) is 0.289. The normalized spacial score (nSPS) is 10.8. The maximum atomic E-state index is 12.5. The fraction of sp³-hybridized carbons (Fsp3) is 0.389. The molecule has 1 aromatic rings. The van der Waals surface area contributed by atoms with Crippen molar-refractivity contribution < 1.29 is 27.5 Å². The summed E-state index contributed by atoms with van der Waals surface area (Å²) < 4.78 is 34.2. The highest BCUT2D eigenvalue weighted by atomic mass is 32.2. The average Bonchev–Trinajstić information content (AvgIpc) is 2.64. The van der Waals surface area contributed by atoms with E-state index >= 15 is 0 Å². The zero-order chi connectivity index (χ0) is 18.9. The van der Waals surface area contributed by atoms with Crippen LogP contribution in [0.4, 0.5) is 0 Å². The van der Waals surface area contributed by atoms with E-state index in [9.17, 15) is 18.0 Å². The molecule has 0 aliphatic carbocycles. The van der Waals surface area contributed by atoms with Crippen molar-refractivity contribution >= 4 is 21.8 Å². The second-order valence-corrected chi connectivity index (χ2v) is 7.23. The lowest BCUT2D eigenvalue weighted by atomic mass is 10.0. The third kappa shape index (κ3) is 5.59. The third-order valence-electron chi connectivity index (χ3n) is 3.69. The first-order valence-electron chi connectivity index (χ1n) is 7.73. The van der Waals surface area contributed by atoms with Crippen LogP contribution in [0.2, 0.25) is 0 Å². The summed E-state index contributed by atoms with van der Waals surface area (Å²) in [6.07, 6.45) is 1.34. The van der Waals surface area contributed by atoms with Crippen molar-refractivity contribution in [3.63, 3.8) is 0 Å². The molecular weight excluding hydrogens is 344 g/mol. The second kappa shape index (κ2) is 9.81. The lowest BCUT2D eigenvalue weighted by molar-refractivity contribution is -0.159. The van der Waals surface area contributed by atoms with E-state index in [0.717, 1.165) is 0 Å². The number of benzene rings is 1. The maximum Gasteiger partial charge on any atom is 0.320 e. The van der Waals surface area contributed by atoms with Gasteiger partial charge in [0.2, 0.25) is 9.84 Å². The Morgan fingerprint density at radius 3 is 2.12 bits per heavy atom. The highest BCUT2D eigenvalue weighted by molar-refractivity contribution is 7.95. The van der Waals surface area contributed by atoms with Gasteiger partial charge in [-0.1, -0.05) is 31.2 Å². The van der Waals surface area contributed by atoms with Crippen molar-refractivity contribution in [1.29, 1.82) is 0 Å². The summed E-state index contributed by atoms with van der Waals surface area (Å²) in [7, 11) is -1.24. The number of hydrogen-bond acceptors (Lipinski definition) is 6. The summed E-state index contributed by atoms with van der Waals surface area (Å²) in [5, 5.41) is 0. The number of unbranched alkanes of at least 4 members (excludes halogenated alkanes) is 1. The number of allylic oxidation sites excluding steroid dienone is 1. The summed E-state index contributed by atoms with van der Waals surface area (Å²) in [6, 6.07) is 8.04. The number of carbonyl (C=O) groups is 2. The zero-order valence-electron chi connectivity index (χ0n) is 14.4. The lowest BCUT2D eigenvalue weighted by Gasteiger charge is -2.12. The minimum atomic E-state index is -3.63. The van der Waals surface area contributed by atoms with E-state index in [1.807, 2.05) is 0 Å². The molecule has 0 spiro atoms. The van der Waals surface area contributed by atoms with E-state index in [2.05, 4.69) is 21.8 Å². The summed E-state index contributed by atoms with van der Waals surface area (Å²) in [5.74, 6) is -2.33. The zero-order valence-corrected chi connectivity index (χ0v) is 15.2. The van der Waals surface area contributed by atoms with Crippen LogP contribution in [0.3, 0.4) is 0 Å². The number of esters is 2. The monoisotopic (exact) mass is 366 g/mol. The predicted molar refractivity (Wildman–Crippen MR) is 92.3 cm³/mol. The molecule has 0 saturated carbocycles. The van der Waals surface area contributed by atoms with Gasteiger partial charge in [0, 0.05) is 0 Å². The SMILES string of the molecule is C=C=C(CCCCC(C(=O)OC)C(=O)OC)S(=O)(=O)c1ccccc1. The topological polar surface area (TPSA) is 86.7 Å². The molecule has 25 heavy (non-hydrogen) atoms. The lowest BCUT2D eigenvalue weighted by Crippen LogP contribution is -2.26. The molecule has 0 aliphatic rings. The van der Waals surface area contributed by atoms with Crippen molar-refractivity contribution in [2.24, 2.45) is 5.92 Å². The number of ether oxygens (including phenoxy) is 2. The van der Waals surface area contributed by atoms with Crippen molar-refractivity contribution in [3.8, 4) is 0 Å². The van der Waals surface area contributed by atoms with Crippen LogP contribution in [-0.4, -0.2) is 34.6 Å². The van der Waals surface area contributed by atoms with Gasteiger partial charge in [-0.05, 0) is 31.4 Å². The average molecular weight is 366 g/mol. The summed E-state index contributed by atoms with van der Waals surface area (Å²) in [6.45, 7) is 3.46. The Kier molecular flexibility index (Phi) is 8.11. The van der Waals surface area contributed by atoms with Crippen LogP contribution < -0.4 is 0 Å². The Morgan fingerprint density at radius 2 is 1.64 bits per heavy atom. The van der Waals surface area contributed by atoms with Gasteiger partial charge in [0.1, 0.15) is 0 Å². The van der Waals surface area contributed by atoms with Crippen LogP contribution in [0.25, 0.3) is 0 Å². The minimum Gasteiger partial charge on any atom is -0.468 e. The van der Waals surface area contributed by atoms with Gasteiger partial charge in [-0.2, -0.15) is 0 Å². The smallest absolute Gasteiger partial charge is 0.320 e. The molecule has 0 atom stereocenters. The largest absolute Gasteiger partial charge is 0.468 e. The van der Waals surface area contributed by atoms with Gasteiger partial charge in [0.25, 0.3) is 0 Å². The van der Waals surface area contributed by atoms with E-state index in [0.29, 0.717) is 12.8 Å². The highest BCUT2D eigenvalue weighted by Gasteiger charge is 2.28. The number of carbonyl (C=O) groups excluding carboxylic acids is 2.